The molecule has 0 bridgehead atoms. The lowest BCUT2D eigenvalue weighted by Crippen LogP contribution is -2.28. The van der Waals surface area contributed by atoms with Gasteiger partial charge in [0.2, 0.25) is 0 Å². The van der Waals surface area contributed by atoms with E-state index >= 15 is 0 Å². The van der Waals surface area contributed by atoms with E-state index in [9.17, 15) is 4.79 Å². The Bertz CT molecular complexity index is 438. The molecule has 0 saturated carbocycles. The highest BCUT2D eigenvalue weighted by molar-refractivity contribution is 7.10. The predicted molar refractivity (Wildman–Crippen MR) is 74.7 cm³/mol. The van der Waals surface area contributed by atoms with Gasteiger partial charge in [0.25, 0.3) is 5.91 Å². The number of thiophene rings is 1. The monoisotopic (exact) mass is 265 g/mol. The lowest BCUT2D eigenvalue weighted by molar-refractivity contribution is 0.0947. The summed E-state index contributed by atoms with van der Waals surface area (Å²) >= 11 is 1.42. The zero-order valence-electron chi connectivity index (χ0n) is 10.8. The molecule has 2 N–H and O–H groups in total. The number of rotatable bonds is 5. The zero-order valence-corrected chi connectivity index (χ0v) is 11.6. The molecule has 98 valence electrons. The smallest absolute Gasteiger partial charge is 0.252 e. The van der Waals surface area contributed by atoms with Crippen molar-refractivity contribution in [3.63, 3.8) is 0 Å². The number of carbonyl (C=O) groups is 1. The molecule has 18 heavy (non-hydrogen) atoms. The van der Waals surface area contributed by atoms with E-state index in [1.165, 1.54) is 11.3 Å². The van der Waals surface area contributed by atoms with Crippen molar-refractivity contribution >= 4 is 17.2 Å². The second-order valence-corrected chi connectivity index (χ2v) is 4.96. The molecule has 0 aliphatic rings. The molecule has 0 aliphatic carbocycles. The fraction of sp³-hybridized carbons (Fsp3) is 0.500. The van der Waals surface area contributed by atoms with Crippen LogP contribution in [0.4, 0.5) is 0 Å². The van der Waals surface area contributed by atoms with E-state index in [0.29, 0.717) is 11.5 Å². The van der Waals surface area contributed by atoms with Crippen LogP contribution >= 0.6 is 11.3 Å². The Morgan fingerprint density at radius 3 is 2.83 bits per heavy atom. The number of hydrogen-bond donors (Lipinski definition) is 2. The largest absolute Gasteiger partial charge is 0.384 e. The van der Waals surface area contributed by atoms with Crippen LogP contribution in [0.15, 0.2) is 11.4 Å². The average Bonchev–Trinajstić information content (AvgIpc) is 2.86. The normalized spacial score (nSPS) is 10.0. The van der Waals surface area contributed by atoms with Crippen LogP contribution < -0.4 is 5.32 Å². The van der Waals surface area contributed by atoms with E-state index in [-0.39, 0.29) is 12.5 Å². The minimum absolute atomic E-state index is 0.0461. The van der Waals surface area contributed by atoms with Gasteiger partial charge in [0.05, 0.1) is 10.4 Å². The van der Waals surface area contributed by atoms with Crippen LogP contribution in [0.1, 0.15) is 41.9 Å². The number of amides is 1. The molecule has 1 rings (SSSR count). The van der Waals surface area contributed by atoms with Gasteiger partial charge in [-0.15, -0.1) is 11.3 Å². The number of aliphatic hydroxyl groups excluding tert-OH is 1. The van der Waals surface area contributed by atoms with Gasteiger partial charge in [0.15, 0.2) is 0 Å². The summed E-state index contributed by atoms with van der Waals surface area (Å²) in [5, 5.41) is 13.3. The molecule has 0 fully saturated rings. The number of aliphatic hydroxyl groups is 1. The van der Waals surface area contributed by atoms with Gasteiger partial charge in [-0.05, 0) is 12.0 Å². The molecule has 0 radical (unpaired) electrons. The topological polar surface area (TPSA) is 49.3 Å². The first-order chi connectivity index (χ1) is 8.71. The maximum atomic E-state index is 11.9. The second kappa shape index (κ2) is 7.91. The SMILES string of the molecule is CCC(CC)CNC(=O)c1csc(C#CCO)c1. The molecule has 3 nitrogen and oxygen atoms in total. The van der Waals surface area contributed by atoms with E-state index in [1.54, 1.807) is 11.4 Å². The summed E-state index contributed by atoms with van der Waals surface area (Å²) < 4.78 is 0. The van der Waals surface area contributed by atoms with Crippen LogP contribution in [0.2, 0.25) is 0 Å². The van der Waals surface area contributed by atoms with Crippen LogP contribution in [0.25, 0.3) is 0 Å². The Kier molecular flexibility index (Phi) is 6.48. The van der Waals surface area contributed by atoms with Crippen molar-refractivity contribution in [1.82, 2.24) is 5.32 Å². The van der Waals surface area contributed by atoms with Gasteiger partial charge in [0.1, 0.15) is 6.61 Å². The Hall–Kier alpha value is -1.31. The van der Waals surface area contributed by atoms with Crippen molar-refractivity contribution < 1.29 is 9.90 Å². The summed E-state index contributed by atoms with van der Waals surface area (Å²) in [6, 6.07) is 1.76. The van der Waals surface area contributed by atoms with Crippen LogP contribution in [-0.4, -0.2) is 24.2 Å². The summed E-state index contributed by atoms with van der Waals surface area (Å²) in [6.45, 7) is 4.83. The average molecular weight is 265 g/mol. The first-order valence-corrected chi connectivity index (χ1v) is 7.05. The van der Waals surface area contributed by atoms with Gasteiger partial charge in [-0.2, -0.15) is 0 Å². The molecule has 0 spiro atoms. The maximum Gasteiger partial charge on any atom is 0.252 e. The minimum Gasteiger partial charge on any atom is -0.384 e. The number of carbonyl (C=O) groups excluding carboxylic acids is 1. The Morgan fingerprint density at radius 1 is 1.50 bits per heavy atom. The van der Waals surface area contributed by atoms with Gasteiger partial charge in [-0.1, -0.05) is 38.5 Å². The Labute approximate surface area is 112 Å². The molecule has 0 aliphatic heterocycles. The fourth-order valence-electron chi connectivity index (χ4n) is 1.56. The first-order valence-electron chi connectivity index (χ1n) is 6.17. The summed E-state index contributed by atoms with van der Waals surface area (Å²) in [5.74, 6) is 5.86. The molecule has 0 saturated heterocycles. The van der Waals surface area contributed by atoms with Crippen molar-refractivity contribution in [2.75, 3.05) is 13.2 Å². The van der Waals surface area contributed by atoms with Crippen LogP contribution in [0, 0.1) is 17.8 Å². The number of nitrogens with one attached hydrogen (secondary N) is 1. The third-order valence-electron chi connectivity index (χ3n) is 2.86. The van der Waals surface area contributed by atoms with E-state index in [1.807, 2.05) is 0 Å². The molecule has 1 amide bonds. The standard InChI is InChI=1S/C14H19NO2S/c1-3-11(4-2)9-15-14(17)12-8-13(18-10-12)6-5-7-16/h8,10-11,16H,3-4,7,9H2,1-2H3,(H,15,17). The fourth-order valence-corrected chi connectivity index (χ4v) is 2.32. The molecular formula is C14H19NO2S. The predicted octanol–water partition coefficient (Wildman–Crippen LogP) is 2.26. The summed E-state index contributed by atoms with van der Waals surface area (Å²) in [4.78, 5) is 12.7. The summed E-state index contributed by atoms with van der Waals surface area (Å²) in [5.41, 5.74) is 0.646. The van der Waals surface area contributed by atoms with Crippen molar-refractivity contribution in [3.05, 3.63) is 21.9 Å². The van der Waals surface area contributed by atoms with E-state index in [4.69, 9.17) is 5.11 Å². The molecule has 1 aromatic heterocycles. The second-order valence-electron chi connectivity index (χ2n) is 4.05. The van der Waals surface area contributed by atoms with E-state index < -0.39 is 0 Å². The summed E-state index contributed by atoms with van der Waals surface area (Å²) in [6.07, 6.45) is 2.15. The Morgan fingerprint density at radius 2 is 2.22 bits per heavy atom. The van der Waals surface area contributed by atoms with Gasteiger partial charge >= 0.3 is 0 Å². The minimum atomic E-state index is -0.159. The van der Waals surface area contributed by atoms with Crippen molar-refractivity contribution in [1.29, 1.82) is 0 Å². The summed E-state index contributed by atoms with van der Waals surface area (Å²) in [7, 11) is 0. The number of hydrogen-bond acceptors (Lipinski definition) is 3. The first kappa shape index (κ1) is 14.7. The van der Waals surface area contributed by atoms with Crippen LogP contribution in [0.3, 0.4) is 0 Å². The third kappa shape index (κ3) is 4.52. The zero-order chi connectivity index (χ0) is 13.4. The third-order valence-corrected chi connectivity index (χ3v) is 3.70. The van der Waals surface area contributed by atoms with Crippen molar-refractivity contribution in [3.8, 4) is 11.8 Å². The van der Waals surface area contributed by atoms with Crippen molar-refractivity contribution in [2.24, 2.45) is 5.92 Å². The van der Waals surface area contributed by atoms with Gasteiger partial charge < -0.3 is 10.4 Å². The van der Waals surface area contributed by atoms with Crippen molar-refractivity contribution in [2.45, 2.75) is 26.7 Å². The van der Waals surface area contributed by atoms with Crippen LogP contribution in [0.5, 0.6) is 0 Å². The molecule has 4 heteroatoms. The van der Waals surface area contributed by atoms with Crippen LogP contribution in [-0.2, 0) is 0 Å². The quantitative estimate of drug-likeness (QED) is 0.802. The molecule has 0 aromatic carbocycles. The highest BCUT2D eigenvalue weighted by Crippen LogP contribution is 2.13. The van der Waals surface area contributed by atoms with Gasteiger partial charge in [-0.25, -0.2) is 0 Å². The highest BCUT2D eigenvalue weighted by atomic mass is 32.1. The highest BCUT2D eigenvalue weighted by Gasteiger charge is 2.10. The molecular weight excluding hydrogens is 246 g/mol. The lowest BCUT2D eigenvalue weighted by atomic mass is 10.0. The van der Waals surface area contributed by atoms with E-state index in [2.05, 4.69) is 31.0 Å². The van der Waals surface area contributed by atoms with E-state index in [0.717, 1.165) is 24.3 Å². The van der Waals surface area contributed by atoms with Gasteiger partial charge in [0, 0.05) is 11.9 Å². The maximum absolute atomic E-state index is 11.9. The van der Waals surface area contributed by atoms with Gasteiger partial charge in [-0.3, -0.25) is 4.79 Å². The molecule has 1 aromatic rings. The molecule has 0 atom stereocenters. The molecule has 0 unspecified atom stereocenters. The Balaban J connectivity index is 2.54. The molecule has 1 heterocycles. The lowest BCUT2D eigenvalue weighted by Gasteiger charge is -2.12.